The largest absolute Gasteiger partial charge is 0.278 e. The number of fused-ring (bicyclic) bond motifs is 1. The number of carbonyl (C=O) groups is 1. The molecule has 0 radical (unpaired) electrons. The molecule has 0 spiro atoms. The minimum absolute atomic E-state index is 0.183. The minimum Gasteiger partial charge on any atom is -0.278 e. The molecule has 0 bridgehead atoms. The summed E-state index contributed by atoms with van der Waals surface area (Å²) in [5.41, 5.74) is 2.16. The summed E-state index contributed by atoms with van der Waals surface area (Å²) in [6, 6.07) is 15.9. The third kappa shape index (κ3) is 3.46. The van der Waals surface area contributed by atoms with E-state index in [2.05, 4.69) is 10.1 Å². The van der Waals surface area contributed by atoms with E-state index >= 15 is 0 Å². The van der Waals surface area contributed by atoms with Crippen LogP contribution in [-0.2, 0) is 13.1 Å². The minimum atomic E-state index is -0.317. The third-order valence-corrected chi connectivity index (χ3v) is 5.28. The van der Waals surface area contributed by atoms with Crippen molar-refractivity contribution in [3.05, 3.63) is 77.9 Å². The molecule has 4 aromatic rings. The van der Waals surface area contributed by atoms with E-state index in [1.807, 2.05) is 37.3 Å². The Labute approximate surface area is 159 Å². The Hall–Kier alpha value is -3.06. The summed E-state index contributed by atoms with van der Waals surface area (Å²) in [7, 11) is 0. The second-order valence-corrected chi connectivity index (χ2v) is 7.03. The highest BCUT2D eigenvalue weighted by Crippen LogP contribution is 2.31. The molecule has 0 aliphatic carbocycles. The SMILES string of the molecule is CCn1nccc1C(=O)N(Cc1ccccc1)c1nc2ccc(F)cc2s1. The fourth-order valence-electron chi connectivity index (χ4n) is 2.90. The molecule has 2 heterocycles. The average molecular weight is 380 g/mol. The summed E-state index contributed by atoms with van der Waals surface area (Å²) in [5.74, 6) is -0.500. The number of anilines is 1. The van der Waals surface area contributed by atoms with Crippen molar-refractivity contribution in [2.75, 3.05) is 4.90 Å². The fraction of sp³-hybridized carbons (Fsp3) is 0.150. The molecular formula is C20H17FN4OS. The van der Waals surface area contributed by atoms with E-state index in [0.29, 0.717) is 34.1 Å². The summed E-state index contributed by atoms with van der Waals surface area (Å²) in [5, 5.41) is 4.73. The highest BCUT2D eigenvalue weighted by molar-refractivity contribution is 7.22. The van der Waals surface area contributed by atoms with Gasteiger partial charge in [-0.25, -0.2) is 9.37 Å². The van der Waals surface area contributed by atoms with Crippen molar-refractivity contribution < 1.29 is 9.18 Å². The van der Waals surface area contributed by atoms with Gasteiger partial charge in [0.05, 0.1) is 16.8 Å². The maximum Gasteiger partial charge on any atom is 0.278 e. The molecule has 0 N–H and O–H groups in total. The molecule has 0 unspecified atom stereocenters. The lowest BCUT2D eigenvalue weighted by atomic mass is 10.2. The lowest BCUT2D eigenvalue weighted by molar-refractivity contribution is 0.0975. The van der Waals surface area contributed by atoms with E-state index in [0.717, 1.165) is 5.56 Å². The number of carbonyl (C=O) groups excluding carboxylic acids is 1. The van der Waals surface area contributed by atoms with Gasteiger partial charge in [0, 0.05) is 12.7 Å². The van der Waals surface area contributed by atoms with Gasteiger partial charge in [0.15, 0.2) is 5.13 Å². The molecule has 5 nitrogen and oxygen atoms in total. The summed E-state index contributed by atoms with van der Waals surface area (Å²) in [6.07, 6.45) is 1.62. The third-order valence-electron chi connectivity index (χ3n) is 4.23. The van der Waals surface area contributed by atoms with Crippen LogP contribution >= 0.6 is 11.3 Å². The molecule has 136 valence electrons. The number of hydrogen-bond donors (Lipinski definition) is 0. The summed E-state index contributed by atoms with van der Waals surface area (Å²) < 4.78 is 15.9. The standard InChI is InChI=1S/C20H17FN4OS/c1-2-25-17(10-11-22-25)19(26)24(13-14-6-4-3-5-7-14)20-23-16-9-8-15(21)12-18(16)27-20/h3-12H,2,13H2,1H3. The molecule has 0 atom stereocenters. The number of hydrogen-bond acceptors (Lipinski definition) is 4. The highest BCUT2D eigenvalue weighted by Gasteiger charge is 2.24. The van der Waals surface area contributed by atoms with Crippen LogP contribution in [0.25, 0.3) is 10.2 Å². The van der Waals surface area contributed by atoms with Gasteiger partial charge in [-0.2, -0.15) is 5.10 Å². The monoisotopic (exact) mass is 380 g/mol. The normalized spacial score (nSPS) is 11.0. The Balaban J connectivity index is 1.78. The number of nitrogens with zero attached hydrogens (tertiary/aromatic N) is 4. The van der Waals surface area contributed by atoms with Crippen molar-refractivity contribution in [1.29, 1.82) is 0 Å². The summed E-state index contributed by atoms with van der Waals surface area (Å²) in [6.45, 7) is 2.90. The zero-order chi connectivity index (χ0) is 18.8. The van der Waals surface area contributed by atoms with Crippen molar-refractivity contribution in [2.45, 2.75) is 20.0 Å². The smallest absolute Gasteiger partial charge is 0.278 e. The molecule has 27 heavy (non-hydrogen) atoms. The lowest BCUT2D eigenvalue weighted by Crippen LogP contribution is -2.32. The first-order valence-corrected chi connectivity index (χ1v) is 9.41. The van der Waals surface area contributed by atoms with Gasteiger partial charge in [0.2, 0.25) is 0 Å². The van der Waals surface area contributed by atoms with Gasteiger partial charge in [-0.1, -0.05) is 41.7 Å². The quantitative estimate of drug-likeness (QED) is 0.512. The van der Waals surface area contributed by atoms with Crippen molar-refractivity contribution >= 4 is 32.6 Å². The molecule has 0 aliphatic heterocycles. The van der Waals surface area contributed by atoms with Crippen LogP contribution in [0.15, 0.2) is 60.8 Å². The van der Waals surface area contributed by atoms with Crippen molar-refractivity contribution in [3.8, 4) is 0 Å². The maximum absolute atomic E-state index is 13.6. The summed E-state index contributed by atoms with van der Waals surface area (Å²) >= 11 is 1.30. The van der Waals surface area contributed by atoms with E-state index in [9.17, 15) is 9.18 Å². The van der Waals surface area contributed by atoms with E-state index in [1.165, 1.54) is 23.5 Å². The van der Waals surface area contributed by atoms with Gasteiger partial charge in [-0.3, -0.25) is 14.4 Å². The zero-order valence-electron chi connectivity index (χ0n) is 14.7. The van der Waals surface area contributed by atoms with Crippen LogP contribution in [-0.4, -0.2) is 20.7 Å². The molecule has 2 aromatic carbocycles. The van der Waals surface area contributed by atoms with E-state index in [4.69, 9.17) is 0 Å². The number of halogens is 1. The van der Waals surface area contributed by atoms with Crippen LogP contribution in [0, 0.1) is 5.82 Å². The topological polar surface area (TPSA) is 51.0 Å². The first-order chi connectivity index (χ1) is 13.2. The number of amides is 1. The molecule has 0 fully saturated rings. The first kappa shape index (κ1) is 17.4. The van der Waals surface area contributed by atoms with Crippen LogP contribution < -0.4 is 4.90 Å². The van der Waals surface area contributed by atoms with Crippen LogP contribution in [0.5, 0.6) is 0 Å². The van der Waals surface area contributed by atoms with E-state index in [-0.39, 0.29) is 11.7 Å². The van der Waals surface area contributed by atoms with Gasteiger partial charge < -0.3 is 0 Å². The lowest BCUT2D eigenvalue weighted by Gasteiger charge is -2.20. The predicted molar refractivity (Wildman–Crippen MR) is 104 cm³/mol. The molecule has 4 rings (SSSR count). The number of rotatable bonds is 5. The van der Waals surface area contributed by atoms with Gasteiger partial charge >= 0.3 is 0 Å². The molecule has 0 aliphatic rings. The average Bonchev–Trinajstić information content (AvgIpc) is 3.32. The number of aryl methyl sites for hydroxylation is 1. The first-order valence-electron chi connectivity index (χ1n) is 8.59. The highest BCUT2D eigenvalue weighted by atomic mass is 32.1. The van der Waals surface area contributed by atoms with E-state index < -0.39 is 0 Å². The Kier molecular flexibility index (Phi) is 4.68. The van der Waals surface area contributed by atoms with E-state index in [1.54, 1.807) is 27.9 Å². The van der Waals surface area contributed by atoms with Gasteiger partial charge in [0.1, 0.15) is 11.5 Å². The zero-order valence-corrected chi connectivity index (χ0v) is 15.5. The molecule has 0 saturated carbocycles. The number of thiazole rings is 1. The van der Waals surface area contributed by atoms with Crippen LogP contribution in [0.1, 0.15) is 23.0 Å². The molecule has 0 saturated heterocycles. The maximum atomic E-state index is 13.6. The molecule has 7 heteroatoms. The molecule has 1 amide bonds. The van der Waals surface area contributed by atoms with Crippen molar-refractivity contribution in [2.24, 2.45) is 0 Å². The Morgan fingerprint density at radius 3 is 2.78 bits per heavy atom. The summed E-state index contributed by atoms with van der Waals surface area (Å²) in [4.78, 5) is 19.5. The second kappa shape index (κ2) is 7.28. The van der Waals surface area contributed by atoms with Crippen molar-refractivity contribution in [1.82, 2.24) is 14.8 Å². The van der Waals surface area contributed by atoms with Crippen LogP contribution in [0.4, 0.5) is 9.52 Å². The van der Waals surface area contributed by atoms with Crippen molar-refractivity contribution in [3.63, 3.8) is 0 Å². The predicted octanol–water partition coefficient (Wildman–Crippen LogP) is 4.50. The van der Waals surface area contributed by atoms with Crippen LogP contribution in [0.3, 0.4) is 0 Å². The fourth-order valence-corrected chi connectivity index (χ4v) is 3.89. The number of aromatic nitrogens is 3. The van der Waals surface area contributed by atoms with Gasteiger partial charge in [-0.05, 0) is 36.8 Å². The Morgan fingerprint density at radius 1 is 1.19 bits per heavy atom. The molecular weight excluding hydrogens is 363 g/mol. The van der Waals surface area contributed by atoms with Gasteiger partial charge in [0.25, 0.3) is 5.91 Å². The molecule has 2 aromatic heterocycles. The Bertz CT molecular complexity index is 1090. The van der Waals surface area contributed by atoms with Crippen LogP contribution in [0.2, 0.25) is 0 Å². The number of benzene rings is 2. The Morgan fingerprint density at radius 2 is 2.00 bits per heavy atom. The second-order valence-electron chi connectivity index (χ2n) is 6.02. The van der Waals surface area contributed by atoms with Gasteiger partial charge in [-0.15, -0.1) is 0 Å².